The van der Waals surface area contributed by atoms with Gasteiger partial charge in [0, 0.05) is 41.0 Å². The lowest BCUT2D eigenvalue weighted by Crippen LogP contribution is -2.56. The molecule has 3 aliphatic heterocycles. The molecule has 2 aromatic heterocycles. The summed E-state index contributed by atoms with van der Waals surface area (Å²) < 4.78 is 1.84. The maximum Gasteiger partial charge on any atom is 0.253 e. The maximum absolute atomic E-state index is 13.2. The first-order valence-corrected chi connectivity index (χ1v) is 13.5. The van der Waals surface area contributed by atoms with E-state index >= 15 is 0 Å². The molecular weight excluding hydrogens is 476 g/mol. The van der Waals surface area contributed by atoms with Gasteiger partial charge in [0.25, 0.3) is 5.91 Å². The van der Waals surface area contributed by atoms with Crippen LogP contribution in [0.5, 0.6) is 0 Å². The minimum absolute atomic E-state index is 0.0167. The Hall–Kier alpha value is -4.04. The molecule has 38 heavy (non-hydrogen) atoms. The van der Waals surface area contributed by atoms with E-state index in [1.807, 2.05) is 70.2 Å². The zero-order valence-electron chi connectivity index (χ0n) is 21.2. The number of carbonyl (C=O) groups is 2. The normalized spacial score (nSPS) is 18.5. The lowest BCUT2D eigenvalue weighted by atomic mass is 9.80. The van der Waals surface area contributed by atoms with Crippen LogP contribution in [0, 0.1) is 0 Å². The van der Waals surface area contributed by atoms with E-state index in [0.717, 1.165) is 71.9 Å². The van der Waals surface area contributed by atoms with Gasteiger partial charge < -0.3 is 15.5 Å². The van der Waals surface area contributed by atoms with E-state index in [4.69, 9.17) is 5.10 Å². The van der Waals surface area contributed by atoms with Crippen LogP contribution in [0.25, 0.3) is 28.2 Å². The van der Waals surface area contributed by atoms with Crippen molar-refractivity contribution in [1.29, 1.82) is 0 Å². The van der Waals surface area contributed by atoms with E-state index in [2.05, 4.69) is 15.6 Å². The molecule has 4 aromatic rings. The van der Waals surface area contributed by atoms with Crippen molar-refractivity contribution in [2.75, 3.05) is 25.0 Å². The molecule has 0 aliphatic carbocycles. The molecule has 1 spiro atoms. The van der Waals surface area contributed by atoms with Gasteiger partial charge in [0.05, 0.1) is 24.0 Å². The Morgan fingerprint density at radius 3 is 2.53 bits per heavy atom. The third-order valence-corrected chi connectivity index (χ3v) is 8.41. The van der Waals surface area contributed by atoms with E-state index in [1.165, 1.54) is 19.3 Å². The number of nitrogens with one attached hydrogen (secondary N) is 2. The van der Waals surface area contributed by atoms with Crippen molar-refractivity contribution in [3.63, 3.8) is 0 Å². The van der Waals surface area contributed by atoms with Crippen LogP contribution in [0.2, 0.25) is 0 Å². The first kappa shape index (κ1) is 23.1. The Labute approximate surface area is 221 Å². The standard InChI is InChI=1S/C30H30N6O2/c37-28-18-23-17-22(7-8-24(23)33-28)26-19-31-27-10-9-25(34-36(26)27)20-3-5-21(6-4-20)29(38)35-15-12-30(13-16-35)11-1-2-14-32-30/h3-10,17,19,32H,1-2,11-16,18H2,(H,33,37). The zero-order valence-corrected chi connectivity index (χ0v) is 21.2. The van der Waals surface area contributed by atoms with Gasteiger partial charge >= 0.3 is 0 Å². The minimum atomic E-state index is 0.0167. The summed E-state index contributed by atoms with van der Waals surface area (Å²) in [6, 6.07) is 17.6. The Bertz CT molecular complexity index is 1540. The largest absolute Gasteiger partial charge is 0.339 e. The summed E-state index contributed by atoms with van der Waals surface area (Å²) in [5.41, 5.74) is 7.13. The number of anilines is 1. The number of likely N-dealkylation sites (tertiary alicyclic amines) is 1. The zero-order chi connectivity index (χ0) is 25.7. The van der Waals surface area contributed by atoms with Crippen LogP contribution >= 0.6 is 0 Å². The number of benzene rings is 2. The van der Waals surface area contributed by atoms with Crippen molar-refractivity contribution < 1.29 is 9.59 Å². The molecule has 0 radical (unpaired) electrons. The van der Waals surface area contributed by atoms with Crippen molar-refractivity contribution in [3.8, 4) is 22.5 Å². The predicted octanol–water partition coefficient (Wildman–Crippen LogP) is 4.31. The van der Waals surface area contributed by atoms with Gasteiger partial charge in [-0.3, -0.25) is 9.59 Å². The lowest BCUT2D eigenvalue weighted by molar-refractivity contribution is -0.115. The van der Waals surface area contributed by atoms with Gasteiger partial charge in [0.2, 0.25) is 5.91 Å². The molecule has 0 saturated carbocycles. The SMILES string of the molecule is O=C1Cc2cc(-c3cnc4ccc(-c5ccc(C(=O)N6CCC7(CCCCN7)CC6)cc5)nn34)ccc2N1. The summed E-state index contributed by atoms with van der Waals surface area (Å²) in [5.74, 6) is 0.121. The highest BCUT2D eigenvalue weighted by molar-refractivity contribution is 5.99. The summed E-state index contributed by atoms with van der Waals surface area (Å²) in [5, 5.41) is 11.5. The average molecular weight is 507 g/mol. The smallest absolute Gasteiger partial charge is 0.253 e. The highest BCUT2D eigenvalue weighted by atomic mass is 16.2. The lowest BCUT2D eigenvalue weighted by Gasteiger charge is -2.45. The molecule has 5 heterocycles. The predicted molar refractivity (Wildman–Crippen MR) is 146 cm³/mol. The van der Waals surface area contributed by atoms with Crippen LogP contribution in [-0.2, 0) is 11.2 Å². The summed E-state index contributed by atoms with van der Waals surface area (Å²) in [7, 11) is 0. The van der Waals surface area contributed by atoms with Crippen LogP contribution in [0.3, 0.4) is 0 Å². The van der Waals surface area contributed by atoms with Gasteiger partial charge in [-0.2, -0.15) is 5.10 Å². The molecule has 0 unspecified atom stereocenters. The number of rotatable bonds is 3. The third-order valence-electron chi connectivity index (χ3n) is 8.41. The molecule has 8 heteroatoms. The van der Waals surface area contributed by atoms with Crippen molar-refractivity contribution in [1.82, 2.24) is 24.8 Å². The number of piperidine rings is 2. The molecule has 2 fully saturated rings. The molecule has 2 saturated heterocycles. The van der Waals surface area contributed by atoms with Gasteiger partial charge in [-0.1, -0.05) is 24.6 Å². The van der Waals surface area contributed by atoms with Crippen LogP contribution in [0.4, 0.5) is 5.69 Å². The fourth-order valence-electron chi connectivity index (χ4n) is 6.17. The Kier molecular flexibility index (Phi) is 5.51. The fraction of sp³-hybridized carbons (Fsp3) is 0.333. The number of nitrogens with zero attached hydrogens (tertiary/aromatic N) is 4. The monoisotopic (exact) mass is 506 g/mol. The van der Waals surface area contributed by atoms with E-state index in [0.29, 0.717) is 12.0 Å². The molecule has 8 nitrogen and oxygen atoms in total. The second-order valence-corrected chi connectivity index (χ2v) is 10.8. The van der Waals surface area contributed by atoms with E-state index in [1.54, 1.807) is 0 Å². The van der Waals surface area contributed by atoms with Crippen molar-refractivity contribution in [2.45, 2.75) is 44.1 Å². The van der Waals surface area contributed by atoms with Gasteiger partial charge in [-0.15, -0.1) is 0 Å². The Morgan fingerprint density at radius 2 is 1.74 bits per heavy atom. The first-order chi connectivity index (χ1) is 18.6. The number of amides is 2. The summed E-state index contributed by atoms with van der Waals surface area (Å²) in [4.78, 5) is 31.5. The van der Waals surface area contributed by atoms with E-state index < -0.39 is 0 Å². The molecule has 192 valence electrons. The minimum Gasteiger partial charge on any atom is -0.339 e. The summed E-state index contributed by atoms with van der Waals surface area (Å²) in [6.45, 7) is 2.71. The Morgan fingerprint density at radius 1 is 0.921 bits per heavy atom. The van der Waals surface area contributed by atoms with Gasteiger partial charge in [-0.25, -0.2) is 9.50 Å². The molecule has 7 rings (SSSR count). The van der Waals surface area contributed by atoms with Crippen molar-refractivity contribution >= 4 is 23.1 Å². The van der Waals surface area contributed by atoms with Crippen LogP contribution in [0.1, 0.15) is 48.0 Å². The number of imidazole rings is 1. The van der Waals surface area contributed by atoms with Gasteiger partial charge in [0.1, 0.15) is 0 Å². The topological polar surface area (TPSA) is 91.6 Å². The van der Waals surface area contributed by atoms with Gasteiger partial charge in [0.15, 0.2) is 5.65 Å². The molecule has 3 aliphatic rings. The Balaban J connectivity index is 1.10. The second-order valence-electron chi connectivity index (χ2n) is 10.8. The maximum atomic E-state index is 13.2. The molecule has 2 aromatic carbocycles. The molecule has 0 bridgehead atoms. The fourth-order valence-corrected chi connectivity index (χ4v) is 6.17. The number of hydrogen-bond donors (Lipinski definition) is 2. The second kappa shape index (κ2) is 9.06. The quantitative estimate of drug-likeness (QED) is 0.432. The highest BCUT2D eigenvalue weighted by Crippen LogP contribution is 2.32. The molecular formula is C30H30N6O2. The summed E-state index contributed by atoms with van der Waals surface area (Å²) in [6.07, 6.45) is 8.03. The van der Waals surface area contributed by atoms with E-state index in [9.17, 15) is 9.59 Å². The average Bonchev–Trinajstić information content (AvgIpc) is 3.55. The number of fused-ring (bicyclic) bond motifs is 2. The van der Waals surface area contributed by atoms with Crippen LogP contribution < -0.4 is 10.6 Å². The number of hydrogen-bond acceptors (Lipinski definition) is 5. The molecule has 0 atom stereocenters. The first-order valence-electron chi connectivity index (χ1n) is 13.5. The van der Waals surface area contributed by atoms with E-state index in [-0.39, 0.29) is 17.4 Å². The van der Waals surface area contributed by atoms with Crippen LogP contribution in [-0.4, -0.2) is 56.5 Å². The number of aromatic nitrogens is 3. The molecule has 2 N–H and O–H groups in total. The highest BCUT2D eigenvalue weighted by Gasteiger charge is 2.36. The van der Waals surface area contributed by atoms with Crippen molar-refractivity contribution in [2.24, 2.45) is 0 Å². The van der Waals surface area contributed by atoms with Crippen molar-refractivity contribution in [3.05, 3.63) is 71.9 Å². The third kappa shape index (κ3) is 4.05. The molecule has 2 amide bonds. The number of carbonyl (C=O) groups excluding carboxylic acids is 2. The van der Waals surface area contributed by atoms with Crippen LogP contribution in [0.15, 0.2) is 60.8 Å². The summed E-state index contributed by atoms with van der Waals surface area (Å²) >= 11 is 0. The van der Waals surface area contributed by atoms with Gasteiger partial charge in [-0.05, 0) is 74.2 Å².